The van der Waals surface area contributed by atoms with Crippen LogP contribution in [-0.4, -0.2) is 18.0 Å². The smallest absolute Gasteiger partial charge is 0.0908 e. The minimum atomic E-state index is 0.599. The summed E-state index contributed by atoms with van der Waals surface area (Å²) in [4.78, 5) is 2.49. The Bertz CT molecular complexity index is 395. The second-order valence-electron chi connectivity index (χ2n) is 4.59. The van der Waals surface area contributed by atoms with E-state index >= 15 is 0 Å². The maximum atomic E-state index is 8.50. The highest BCUT2D eigenvalue weighted by atomic mass is 15.1. The van der Waals surface area contributed by atoms with Gasteiger partial charge in [-0.2, -0.15) is 5.26 Å². The van der Waals surface area contributed by atoms with Crippen molar-refractivity contribution in [2.24, 2.45) is 5.92 Å². The zero-order valence-corrected chi connectivity index (χ0v) is 10.0. The number of hydrogen-bond donors (Lipinski definition) is 0. The van der Waals surface area contributed by atoms with Crippen molar-refractivity contribution >= 4 is 0 Å². The number of nitriles is 1. The predicted octanol–water partition coefficient (Wildman–Crippen LogP) is 2.98. The van der Waals surface area contributed by atoms with Crippen LogP contribution in [0, 0.1) is 17.2 Å². The Hall–Kier alpha value is -1.59. The third-order valence-electron chi connectivity index (χ3n) is 3.32. The molecule has 0 spiro atoms. The number of nitrogens with zero attached hydrogens (tertiary/aromatic N) is 2. The zero-order valence-electron chi connectivity index (χ0n) is 10.0. The highest BCUT2D eigenvalue weighted by Crippen LogP contribution is 2.19. The topological polar surface area (TPSA) is 27.0 Å². The van der Waals surface area contributed by atoms with Gasteiger partial charge >= 0.3 is 0 Å². The largest absolute Gasteiger partial charge is 0.299 e. The lowest BCUT2D eigenvalue weighted by molar-refractivity contribution is 0.196. The molecule has 0 saturated carbocycles. The molecule has 0 N–H and O–H groups in total. The van der Waals surface area contributed by atoms with E-state index in [4.69, 9.17) is 5.26 Å². The number of likely N-dealkylation sites (tertiary alicyclic amines) is 1. The minimum absolute atomic E-state index is 0.599. The molecule has 1 aliphatic rings. The summed E-state index contributed by atoms with van der Waals surface area (Å²) in [6, 6.07) is 12.7. The van der Waals surface area contributed by atoms with E-state index < -0.39 is 0 Å². The molecule has 0 radical (unpaired) electrons. The molecular weight excluding hydrogens is 208 g/mol. The normalized spacial score (nSPS) is 18.3. The monoisotopic (exact) mass is 226 g/mol. The Balaban J connectivity index is 1.80. The third kappa shape index (κ3) is 3.72. The van der Waals surface area contributed by atoms with Crippen molar-refractivity contribution in [1.29, 1.82) is 5.26 Å². The number of allylic oxidation sites excluding steroid dienone is 2. The maximum Gasteiger partial charge on any atom is 0.0908 e. The summed E-state index contributed by atoms with van der Waals surface area (Å²) < 4.78 is 0. The molecule has 0 unspecified atom stereocenters. The van der Waals surface area contributed by atoms with Gasteiger partial charge in [0, 0.05) is 12.6 Å². The standard InChI is InChI=1S/C15H18N2/c16-10-4-7-14-8-11-17(12-9-14)13-15-5-2-1-3-6-15/h1-7,14H,8-9,11-13H2/b7-4+. The van der Waals surface area contributed by atoms with Crippen LogP contribution in [0.4, 0.5) is 0 Å². The van der Waals surface area contributed by atoms with Gasteiger partial charge < -0.3 is 0 Å². The molecule has 17 heavy (non-hydrogen) atoms. The van der Waals surface area contributed by atoms with Gasteiger partial charge in [-0.3, -0.25) is 4.90 Å². The summed E-state index contributed by atoms with van der Waals surface area (Å²) in [7, 11) is 0. The van der Waals surface area contributed by atoms with Crippen LogP contribution in [0.1, 0.15) is 18.4 Å². The van der Waals surface area contributed by atoms with Gasteiger partial charge in [0.2, 0.25) is 0 Å². The van der Waals surface area contributed by atoms with Gasteiger partial charge in [-0.15, -0.1) is 0 Å². The number of hydrogen-bond acceptors (Lipinski definition) is 2. The van der Waals surface area contributed by atoms with Crippen molar-refractivity contribution in [3.8, 4) is 6.07 Å². The fourth-order valence-corrected chi connectivity index (χ4v) is 2.32. The molecule has 88 valence electrons. The van der Waals surface area contributed by atoms with Crippen LogP contribution in [0.5, 0.6) is 0 Å². The molecule has 1 aliphatic heterocycles. The predicted molar refractivity (Wildman–Crippen MR) is 69.2 cm³/mol. The average molecular weight is 226 g/mol. The molecule has 0 amide bonds. The highest BCUT2D eigenvalue weighted by molar-refractivity contribution is 5.14. The van der Waals surface area contributed by atoms with Gasteiger partial charge in [0.1, 0.15) is 0 Å². The maximum absolute atomic E-state index is 8.50. The van der Waals surface area contributed by atoms with E-state index in [2.05, 4.69) is 47.4 Å². The summed E-state index contributed by atoms with van der Waals surface area (Å²) in [5, 5.41) is 8.50. The van der Waals surface area contributed by atoms with E-state index in [1.807, 2.05) is 0 Å². The van der Waals surface area contributed by atoms with E-state index in [0.717, 1.165) is 19.6 Å². The lowest BCUT2D eigenvalue weighted by Crippen LogP contribution is -2.32. The summed E-state index contributed by atoms with van der Waals surface area (Å²) in [6.45, 7) is 3.32. The lowest BCUT2D eigenvalue weighted by atomic mass is 9.96. The Morgan fingerprint density at radius 3 is 2.59 bits per heavy atom. The summed E-state index contributed by atoms with van der Waals surface area (Å²) >= 11 is 0. The molecule has 0 aliphatic carbocycles. The van der Waals surface area contributed by atoms with Crippen LogP contribution in [0.15, 0.2) is 42.5 Å². The van der Waals surface area contributed by atoms with Crippen LogP contribution in [0.3, 0.4) is 0 Å². The second kappa shape index (κ2) is 6.22. The number of piperidine rings is 1. The Kier molecular flexibility index (Phi) is 4.35. The van der Waals surface area contributed by atoms with E-state index in [1.165, 1.54) is 18.4 Å². The lowest BCUT2D eigenvalue weighted by Gasteiger charge is -2.30. The molecule has 0 atom stereocenters. The molecule has 2 rings (SSSR count). The van der Waals surface area contributed by atoms with Crippen molar-refractivity contribution in [3.63, 3.8) is 0 Å². The fourth-order valence-electron chi connectivity index (χ4n) is 2.32. The van der Waals surface area contributed by atoms with Crippen molar-refractivity contribution in [2.75, 3.05) is 13.1 Å². The summed E-state index contributed by atoms with van der Waals surface area (Å²) in [5.41, 5.74) is 1.39. The first kappa shape index (κ1) is 11.9. The quantitative estimate of drug-likeness (QED) is 0.741. The molecule has 0 bridgehead atoms. The van der Waals surface area contributed by atoms with Gasteiger partial charge in [0.15, 0.2) is 0 Å². The van der Waals surface area contributed by atoms with Crippen LogP contribution in [-0.2, 0) is 6.54 Å². The van der Waals surface area contributed by atoms with Crippen molar-refractivity contribution < 1.29 is 0 Å². The molecule has 1 saturated heterocycles. The van der Waals surface area contributed by atoms with Gasteiger partial charge in [-0.25, -0.2) is 0 Å². The Morgan fingerprint density at radius 2 is 1.94 bits per heavy atom. The highest BCUT2D eigenvalue weighted by Gasteiger charge is 2.16. The van der Waals surface area contributed by atoms with Crippen LogP contribution in [0.25, 0.3) is 0 Å². The summed E-state index contributed by atoms with van der Waals surface area (Å²) in [5.74, 6) is 0.599. The number of rotatable bonds is 3. The molecule has 2 heteroatoms. The van der Waals surface area contributed by atoms with E-state index in [-0.39, 0.29) is 0 Å². The van der Waals surface area contributed by atoms with Gasteiger partial charge in [0.25, 0.3) is 0 Å². The van der Waals surface area contributed by atoms with E-state index in [0.29, 0.717) is 5.92 Å². The van der Waals surface area contributed by atoms with Gasteiger partial charge in [0.05, 0.1) is 6.07 Å². The number of benzene rings is 1. The third-order valence-corrected chi connectivity index (χ3v) is 3.32. The molecule has 1 aromatic carbocycles. The van der Waals surface area contributed by atoms with Gasteiger partial charge in [-0.05, 0) is 37.4 Å². The molecule has 1 fully saturated rings. The zero-order chi connectivity index (χ0) is 11.9. The van der Waals surface area contributed by atoms with Crippen molar-refractivity contribution in [3.05, 3.63) is 48.0 Å². The van der Waals surface area contributed by atoms with Gasteiger partial charge in [-0.1, -0.05) is 36.4 Å². The first-order valence-corrected chi connectivity index (χ1v) is 6.21. The molecule has 2 nitrogen and oxygen atoms in total. The van der Waals surface area contributed by atoms with Crippen LogP contribution in [0.2, 0.25) is 0 Å². The average Bonchev–Trinajstić information content (AvgIpc) is 2.39. The van der Waals surface area contributed by atoms with Crippen molar-refractivity contribution in [2.45, 2.75) is 19.4 Å². The first-order valence-electron chi connectivity index (χ1n) is 6.21. The fraction of sp³-hybridized carbons (Fsp3) is 0.400. The molecule has 1 aromatic rings. The second-order valence-corrected chi connectivity index (χ2v) is 4.59. The molecule has 0 aromatic heterocycles. The van der Waals surface area contributed by atoms with Crippen molar-refractivity contribution in [1.82, 2.24) is 4.90 Å². The Morgan fingerprint density at radius 1 is 1.24 bits per heavy atom. The Labute approximate surface area is 103 Å². The van der Waals surface area contributed by atoms with Crippen LogP contribution >= 0.6 is 0 Å². The minimum Gasteiger partial charge on any atom is -0.299 e. The van der Waals surface area contributed by atoms with E-state index in [1.54, 1.807) is 6.08 Å². The SMILES string of the molecule is N#C/C=C/C1CCN(Cc2ccccc2)CC1. The van der Waals surface area contributed by atoms with Crippen LogP contribution < -0.4 is 0 Å². The molecule has 1 heterocycles. The summed E-state index contributed by atoms with van der Waals surface area (Å²) in [6.07, 6.45) is 6.02. The van der Waals surface area contributed by atoms with E-state index in [9.17, 15) is 0 Å². The first-order chi connectivity index (χ1) is 8.38. The molecular formula is C15H18N2.